The highest BCUT2D eigenvalue weighted by Crippen LogP contribution is 2.26. The number of anilines is 1. The van der Waals surface area contributed by atoms with Crippen LogP contribution in [0.2, 0.25) is 0 Å². The Morgan fingerprint density at radius 3 is 2.55 bits per heavy atom. The number of fused-ring (bicyclic) bond motifs is 1. The molecule has 0 spiro atoms. The first-order chi connectivity index (χ1) is 16.1. The van der Waals surface area contributed by atoms with Crippen molar-refractivity contribution in [1.82, 2.24) is 9.88 Å². The second-order valence-corrected chi connectivity index (χ2v) is 8.70. The van der Waals surface area contributed by atoms with Gasteiger partial charge in [-0.15, -0.1) is 0 Å². The van der Waals surface area contributed by atoms with Crippen molar-refractivity contribution in [3.05, 3.63) is 95.4 Å². The lowest BCUT2D eigenvalue weighted by Crippen LogP contribution is -2.18. The van der Waals surface area contributed by atoms with Crippen LogP contribution in [0.5, 0.6) is 0 Å². The summed E-state index contributed by atoms with van der Waals surface area (Å²) in [6.07, 6.45) is 4.43. The number of likely N-dealkylation sites (tertiary alicyclic amines) is 1. The molecule has 5 heteroatoms. The van der Waals surface area contributed by atoms with Crippen LogP contribution in [0.3, 0.4) is 0 Å². The molecule has 0 saturated carbocycles. The normalized spacial score (nSPS) is 14.0. The molecule has 1 aromatic heterocycles. The van der Waals surface area contributed by atoms with Crippen molar-refractivity contribution in [2.24, 2.45) is 0 Å². The number of aryl methyl sites for hydroxylation is 1. The first-order valence-corrected chi connectivity index (χ1v) is 11.3. The van der Waals surface area contributed by atoms with Gasteiger partial charge in [-0.25, -0.2) is 4.39 Å². The highest BCUT2D eigenvalue weighted by atomic mass is 19.1. The van der Waals surface area contributed by atoms with Crippen LogP contribution in [-0.4, -0.2) is 28.9 Å². The molecule has 0 bridgehead atoms. The van der Waals surface area contributed by atoms with Crippen LogP contribution in [0.4, 0.5) is 10.1 Å². The van der Waals surface area contributed by atoms with Crippen LogP contribution in [-0.2, 0) is 6.54 Å². The van der Waals surface area contributed by atoms with Gasteiger partial charge in [-0.3, -0.25) is 14.7 Å². The third-order valence-corrected chi connectivity index (χ3v) is 6.26. The lowest BCUT2D eigenvalue weighted by Gasteiger charge is -2.15. The van der Waals surface area contributed by atoms with Gasteiger partial charge in [0.2, 0.25) is 0 Å². The average molecular weight is 440 g/mol. The van der Waals surface area contributed by atoms with Crippen molar-refractivity contribution in [2.45, 2.75) is 26.3 Å². The van der Waals surface area contributed by atoms with Gasteiger partial charge in [0.05, 0.1) is 11.1 Å². The smallest absolute Gasteiger partial charge is 0.258 e. The number of hydrogen-bond donors (Lipinski definition) is 1. The van der Waals surface area contributed by atoms with E-state index in [1.165, 1.54) is 30.5 Å². The number of carbonyl (C=O) groups excluding carboxylic acids is 1. The van der Waals surface area contributed by atoms with Crippen molar-refractivity contribution >= 4 is 22.5 Å². The largest absolute Gasteiger partial charge is 0.322 e. The van der Waals surface area contributed by atoms with E-state index in [0.29, 0.717) is 5.69 Å². The molecular formula is C28H26FN3O. The van der Waals surface area contributed by atoms with Gasteiger partial charge in [0.15, 0.2) is 0 Å². The third kappa shape index (κ3) is 4.64. The van der Waals surface area contributed by atoms with E-state index in [0.717, 1.165) is 47.2 Å². The van der Waals surface area contributed by atoms with Crippen LogP contribution in [0.1, 0.15) is 34.3 Å². The van der Waals surface area contributed by atoms with E-state index in [-0.39, 0.29) is 5.56 Å². The number of hydrogen-bond acceptors (Lipinski definition) is 3. The zero-order valence-corrected chi connectivity index (χ0v) is 18.6. The summed E-state index contributed by atoms with van der Waals surface area (Å²) >= 11 is 0. The SMILES string of the molecule is Cc1cc2cc(CN3CCCC3)cnc2cc1NC(=O)c1ccc(-c2ccccc2)cc1F. The number of nitrogens with one attached hydrogen (secondary N) is 1. The van der Waals surface area contributed by atoms with Gasteiger partial charge in [0.25, 0.3) is 5.91 Å². The second-order valence-electron chi connectivity index (χ2n) is 8.70. The Labute approximate surface area is 193 Å². The molecule has 1 amide bonds. The van der Waals surface area contributed by atoms with E-state index < -0.39 is 11.7 Å². The predicted molar refractivity (Wildman–Crippen MR) is 131 cm³/mol. The molecular weight excluding hydrogens is 413 g/mol. The van der Waals surface area contributed by atoms with E-state index in [9.17, 15) is 9.18 Å². The summed E-state index contributed by atoms with van der Waals surface area (Å²) < 4.78 is 14.8. The topological polar surface area (TPSA) is 45.2 Å². The van der Waals surface area contributed by atoms with E-state index >= 15 is 0 Å². The molecule has 2 heterocycles. The molecule has 5 rings (SSSR count). The Morgan fingerprint density at radius 1 is 1.00 bits per heavy atom. The molecule has 0 atom stereocenters. The van der Waals surface area contributed by atoms with Gasteiger partial charge in [0, 0.05) is 23.8 Å². The number of carbonyl (C=O) groups is 1. The molecule has 0 unspecified atom stereocenters. The van der Waals surface area contributed by atoms with E-state index in [2.05, 4.69) is 21.3 Å². The quantitative estimate of drug-likeness (QED) is 0.403. The first-order valence-electron chi connectivity index (χ1n) is 11.3. The average Bonchev–Trinajstić information content (AvgIpc) is 3.33. The number of pyridine rings is 1. The van der Waals surface area contributed by atoms with Gasteiger partial charge in [-0.05, 0) is 85.4 Å². The summed E-state index contributed by atoms with van der Waals surface area (Å²) in [6.45, 7) is 5.14. The first kappa shape index (κ1) is 21.3. The second kappa shape index (κ2) is 9.12. The maximum Gasteiger partial charge on any atom is 0.258 e. The number of aromatic nitrogens is 1. The number of amides is 1. The fourth-order valence-corrected chi connectivity index (χ4v) is 4.45. The van der Waals surface area contributed by atoms with E-state index in [4.69, 9.17) is 0 Å². The monoisotopic (exact) mass is 439 g/mol. The van der Waals surface area contributed by atoms with Crippen molar-refractivity contribution in [3.8, 4) is 11.1 Å². The van der Waals surface area contributed by atoms with Crippen molar-refractivity contribution in [1.29, 1.82) is 0 Å². The maximum absolute atomic E-state index is 14.8. The Morgan fingerprint density at radius 2 is 1.79 bits per heavy atom. The van der Waals surface area contributed by atoms with E-state index in [1.54, 1.807) is 6.07 Å². The zero-order chi connectivity index (χ0) is 22.8. The molecule has 0 radical (unpaired) electrons. The summed E-state index contributed by atoms with van der Waals surface area (Å²) in [7, 11) is 0. The Kier molecular flexibility index (Phi) is 5.88. The molecule has 1 N–H and O–H groups in total. The summed E-state index contributed by atoms with van der Waals surface area (Å²) in [5.74, 6) is -1.02. The zero-order valence-electron chi connectivity index (χ0n) is 18.6. The minimum atomic E-state index is -0.544. The highest BCUT2D eigenvalue weighted by Gasteiger charge is 2.16. The number of nitrogens with zero attached hydrogens (tertiary/aromatic N) is 2. The van der Waals surface area contributed by atoms with Gasteiger partial charge in [-0.2, -0.15) is 0 Å². The fourth-order valence-electron chi connectivity index (χ4n) is 4.45. The molecule has 4 aromatic rings. The van der Waals surface area contributed by atoms with Crippen molar-refractivity contribution in [3.63, 3.8) is 0 Å². The molecule has 3 aromatic carbocycles. The summed E-state index contributed by atoms with van der Waals surface area (Å²) in [5, 5.41) is 3.91. The fraction of sp³-hybridized carbons (Fsp3) is 0.214. The lowest BCUT2D eigenvalue weighted by atomic mass is 10.0. The summed E-state index contributed by atoms with van der Waals surface area (Å²) in [5.41, 5.74) is 5.21. The van der Waals surface area contributed by atoms with Crippen LogP contribution in [0.15, 0.2) is 72.9 Å². The number of halogens is 1. The van der Waals surface area contributed by atoms with E-state index in [1.807, 2.05) is 55.6 Å². The minimum Gasteiger partial charge on any atom is -0.322 e. The predicted octanol–water partition coefficient (Wildman–Crippen LogP) is 6.20. The molecule has 1 aliphatic heterocycles. The number of rotatable bonds is 5. The minimum absolute atomic E-state index is 0.0168. The van der Waals surface area contributed by atoms with Crippen molar-refractivity contribution < 1.29 is 9.18 Å². The van der Waals surface area contributed by atoms with Gasteiger partial charge in [-0.1, -0.05) is 36.4 Å². The number of benzene rings is 3. The molecule has 0 aliphatic carbocycles. The molecule has 4 nitrogen and oxygen atoms in total. The Hall–Kier alpha value is -3.57. The molecule has 1 aliphatic rings. The maximum atomic E-state index is 14.8. The standard InChI is InChI=1S/C28H26FN3O/c1-19-13-23-14-20(18-32-11-5-6-12-32)17-30-27(23)16-26(19)31-28(33)24-10-9-22(15-25(24)29)21-7-3-2-4-8-21/h2-4,7-10,13-17H,5-6,11-12,18H2,1H3,(H,31,33). The van der Waals surface area contributed by atoms with Crippen LogP contribution < -0.4 is 5.32 Å². The molecule has 1 fully saturated rings. The lowest BCUT2D eigenvalue weighted by molar-refractivity contribution is 0.102. The van der Waals surface area contributed by atoms with Crippen LogP contribution in [0.25, 0.3) is 22.0 Å². The van der Waals surface area contributed by atoms with Gasteiger partial charge < -0.3 is 5.32 Å². The molecule has 166 valence electrons. The van der Waals surface area contributed by atoms with Crippen LogP contribution in [0, 0.1) is 12.7 Å². The van der Waals surface area contributed by atoms with Crippen LogP contribution >= 0.6 is 0 Å². The highest BCUT2D eigenvalue weighted by molar-refractivity contribution is 6.06. The summed E-state index contributed by atoms with van der Waals surface area (Å²) in [6, 6.07) is 20.3. The Bertz CT molecular complexity index is 1310. The molecule has 1 saturated heterocycles. The summed E-state index contributed by atoms with van der Waals surface area (Å²) in [4.78, 5) is 19.9. The van der Waals surface area contributed by atoms with Gasteiger partial charge >= 0.3 is 0 Å². The Balaban J connectivity index is 1.36. The van der Waals surface area contributed by atoms with Crippen molar-refractivity contribution in [2.75, 3.05) is 18.4 Å². The molecule has 33 heavy (non-hydrogen) atoms. The van der Waals surface area contributed by atoms with Gasteiger partial charge in [0.1, 0.15) is 5.82 Å². The third-order valence-electron chi connectivity index (χ3n) is 6.26.